The molecule has 0 saturated heterocycles. The van der Waals surface area contributed by atoms with Gasteiger partial charge in [-0.05, 0) is 38.1 Å². The molecule has 0 bridgehead atoms. The average Bonchev–Trinajstić information content (AvgIpc) is 2.81. The number of hydrogen-bond donors (Lipinski definition) is 0. The monoisotopic (exact) mass is 464 g/mol. The molecule has 0 aliphatic rings. The Morgan fingerprint density at radius 2 is 1.12 bits per heavy atom. The van der Waals surface area contributed by atoms with Gasteiger partial charge in [0.1, 0.15) is 0 Å². The average molecular weight is 465 g/mol. The van der Waals surface area contributed by atoms with Crippen LogP contribution < -0.4 is 11.1 Å². The zero-order valence-electron chi connectivity index (χ0n) is 18.0. The first kappa shape index (κ1) is 22.4. The third kappa shape index (κ3) is 4.52. The van der Waals surface area contributed by atoms with E-state index < -0.39 is 0 Å². The molecule has 0 atom stereocenters. The predicted molar refractivity (Wildman–Crippen MR) is 134 cm³/mol. The largest absolute Gasteiger partial charge is 0.287 e. The second kappa shape index (κ2) is 10.2. The number of benzene rings is 2. The van der Waals surface area contributed by atoms with Crippen LogP contribution in [0.4, 0.5) is 0 Å². The summed E-state index contributed by atoms with van der Waals surface area (Å²) in [5, 5.41) is 2.75. The Morgan fingerprint density at radius 1 is 0.719 bits per heavy atom. The van der Waals surface area contributed by atoms with E-state index in [2.05, 4.69) is 22.1 Å². The molecule has 2 aromatic heterocycles. The van der Waals surface area contributed by atoms with Gasteiger partial charge in [0, 0.05) is 24.6 Å². The molecule has 0 N–H and O–H groups in total. The quantitative estimate of drug-likeness (QED) is 0.216. The van der Waals surface area contributed by atoms with Crippen LogP contribution in [-0.4, -0.2) is 30.6 Å². The van der Waals surface area contributed by atoms with E-state index in [9.17, 15) is 9.59 Å². The molecule has 0 aliphatic heterocycles. The topological polar surface area (TPSA) is 69.8 Å². The normalized spacial score (nSPS) is 11.7. The Labute approximate surface area is 194 Å². The van der Waals surface area contributed by atoms with Crippen LogP contribution >= 0.6 is 23.5 Å². The number of aromatic nitrogens is 4. The van der Waals surface area contributed by atoms with Crippen molar-refractivity contribution in [2.75, 3.05) is 11.5 Å². The van der Waals surface area contributed by atoms with Crippen LogP contribution in [0.15, 0.2) is 80.6 Å². The van der Waals surface area contributed by atoms with Crippen molar-refractivity contribution in [1.82, 2.24) is 19.1 Å². The summed E-state index contributed by atoms with van der Waals surface area (Å²) in [5.74, 6) is 1.41. The molecule has 2 heterocycles. The summed E-state index contributed by atoms with van der Waals surface area (Å²) >= 11 is 3.09. The second-order valence-electron chi connectivity index (χ2n) is 7.02. The van der Waals surface area contributed by atoms with Gasteiger partial charge < -0.3 is 0 Å². The van der Waals surface area contributed by atoms with Gasteiger partial charge in [-0.2, -0.15) is 0 Å². The van der Waals surface area contributed by atoms with Crippen LogP contribution in [0.3, 0.4) is 0 Å². The van der Waals surface area contributed by atoms with E-state index in [-0.39, 0.29) is 11.1 Å². The lowest BCUT2D eigenvalue weighted by Gasteiger charge is -2.10. The molecule has 0 fully saturated rings. The minimum Gasteiger partial charge on any atom is -0.287 e. The molecular formula is C24H24N4O2S2. The molecule has 4 rings (SSSR count). The summed E-state index contributed by atoms with van der Waals surface area (Å²) in [6.07, 6.45) is 4.13. The molecule has 0 saturated carbocycles. The summed E-state index contributed by atoms with van der Waals surface area (Å²) in [5.41, 5.74) is 1.45. The van der Waals surface area contributed by atoms with E-state index in [1.54, 1.807) is 32.7 Å². The van der Waals surface area contributed by atoms with Gasteiger partial charge in [0.05, 0.1) is 21.8 Å². The Kier molecular flexibility index (Phi) is 7.12. The fraction of sp³-hybridized carbons (Fsp3) is 0.250. The van der Waals surface area contributed by atoms with Crippen molar-refractivity contribution in [3.05, 3.63) is 81.4 Å². The van der Waals surface area contributed by atoms with Crippen molar-refractivity contribution in [3.63, 3.8) is 0 Å². The molecule has 32 heavy (non-hydrogen) atoms. The van der Waals surface area contributed by atoms with E-state index in [0.29, 0.717) is 35.4 Å². The van der Waals surface area contributed by atoms with E-state index in [4.69, 9.17) is 0 Å². The molecule has 2 aromatic carbocycles. The van der Waals surface area contributed by atoms with Gasteiger partial charge >= 0.3 is 0 Å². The van der Waals surface area contributed by atoms with Crippen LogP contribution in [0, 0.1) is 0 Å². The van der Waals surface area contributed by atoms with Crippen LogP contribution in [-0.2, 0) is 13.1 Å². The number of nitrogens with zero attached hydrogens (tertiary/aromatic N) is 4. The molecule has 0 radical (unpaired) electrons. The van der Waals surface area contributed by atoms with E-state index in [1.165, 1.54) is 0 Å². The highest BCUT2D eigenvalue weighted by Gasteiger charge is 2.10. The Hall–Kier alpha value is -2.84. The molecule has 0 aliphatic carbocycles. The van der Waals surface area contributed by atoms with Crippen molar-refractivity contribution in [2.45, 2.75) is 37.2 Å². The molecule has 164 valence electrons. The Bertz CT molecular complexity index is 1300. The SMILES string of the molecule is CCn1c(SC/C=C/CSc2nc3ccccc3c(=O)n2CC)nc2ccccc2c1=O. The maximum Gasteiger partial charge on any atom is 0.262 e. The van der Waals surface area contributed by atoms with Gasteiger partial charge in [-0.1, -0.05) is 59.9 Å². The summed E-state index contributed by atoms with van der Waals surface area (Å²) in [7, 11) is 0. The van der Waals surface area contributed by atoms with E-state index in [1.807, 2.05) is 62.4 Å². The van der Waals surface area contributed by atoms with Crippen molar-refractivity contribution >= 4 is 45.3 Å². The van der Waals surface area contributed by atoms with Gasteiger partial charge in [0.15, 0.2) is 10.3 Å². The van der Waals surface area contributed by atoms with Gasteiger partial charge in [-0.3, -0.25) is 18.7 Å². The van der Waals surface area contributed by atoms with Gasteiger partial charge in [0.2, 0.25) is 0 Å². The minimum atomic E-state index is 0.0000469. The maximum atomic E-state index is 12.7. The zero-order chi connectivity index (χ0) is 22.5. The predicted octanol–water partition coefficient (Wildman–Crippen LogP) is 4.59. The lowest BCUT2D eigenvalue weighted by atomic mass is 10.2. The minimum absolute atomic E-state index is 0.0000469. The number of thioether (sulfide) groups is 2. The van der Waals surface area contributed by atoms with Crippen LogP contribution in [0.25, 0.3) is 21.8 Å². The van der Waals surface area contributed by atoms with Crippen LogP contribution in [0.2, 0.25) is 0 Å². The second-order valence-corrected chi connectivity index (χ2v) is 8.99. The molecule has 6 nitrogen and oxygen atoms in total. The van der Waals surface area contributed by atoms with Crippen molar-refractivity contribution in [1.29, 1.82) is 0 Å². The summed E-state index contributed by atoms with van der Waals surface area (Å²) in [6.45, 7) is 5.08. The summed E-state index contributed by atoms with van der Waals surface area (Å²) in [4.78, 5) is 34.8. The first-order chi connectivity index (χ1) is 15.6. The highest BCUT2D eigenvalue weighted by molar-refractivity contribution is 7.99. The number of para-hydroxylation sites is 2. The first-order valence-corrected chi connectivity index (χ1v) is 12.5. The lowest BCUT2D eigenvalue weighted by molar-refractivity contribution is 0.635. The molecule has 8 heteroatoms. The van der Waals surface area contributed by atoms with Gasteiger partial charge in [-0.25, -0.2) is 9.97 Å². The molecule has 4 aromatic rings. The Balaban J connectivity index is 1.44. The van der Waals surface area contributed by atoms with Gasteiger partial charge in [-0.15, -0.1) is 0 Å². The molecule has 0 amide bonds. The van der Waals surface area contributed by atoms with E-state index >= 15 is 0 Å². The standard InChI is InChI=1S/C24H24N4O2S2/c1-3-27-21(29)17-11-5-7-13-19(17)25-23(27)31-15-9-10-16-32-24-26-20-14-8-6-12-18(20)22(30)28(24)4-2/h5-14H,3-4,15-16H2,1-2H3/b10-9+. The fourth-order valence-corrected chi connectivity index (χ4v) is 5.28. The zero-order valence-corrected chi connectivity index (χ0v) is 19.7. The highest BCUT2D eigenvalue weighted by Crippen LogP contribution is 2.20. The highest BCUT2D eigenvalue weighted by atomic mass is 32.2. The first-order valence-electron chi connectivity index (χ1n) is 10.5. The van der Waals surface area contributed by atoms with Crippen LogP contribution in [0.1, 0.15) is 13.8 Å². The third-order valence-electron chi connectivity index (χ3n) is 5.07. The Morgan fingerprint density at radius 3 is 1.53 bits per heavy atom. The number of fused-ring (bicyclic) bond motifs is 2. The van der Waals surface area contributed by atoms with Crippen molar-refractivity contribution < 1.29 is 0 Å². The number of rotatable bonds is 8. The third-order valence-corrected chi connectivity index (χ3v) is 6.93. The smallest absolute Gasteiger partial charge is 0.262 e. The lowest BCUT2D eigenvalue weighted by Crippen LogP contribution is -2.22. The summed E-state index contributed by atoms with van der Waals surface area (Å²) in [6, 6.07) is 14.9. The maximum absolute atomic E-state index is 12.7. The van der Waals surface area contributed by atoms with Crippen molar-refractivity contribution in [2.24, 2.45) is 0 Å². The van der Waals surface area contributed by atoms with Crippen molar-refractivity contribution in [3.8, 4) is 0 Å². The van der Waals surface area contributed by atoms with Crippen LogP contribution in [0.5, 0.6) is 0 Å². The number of hydrogen-bond acceptors (Lipinski definition) is 6. The molecule has 0 unspecified atom stereocenters. The summed E-state index contributed by atoms with van der Waals surface area (Å²) < 4.78 is 3.43. The fourth-order valence-electron chi connectivity index (χ4n) is 3.45. The molecule has 0 spiro atoms. The van der Waals surface area contributed by atoms with Gasteiger partial charge in [0.25, 0.3) is 11.1 Å². The van der Waals surface area contributed by atoms with E-state index in [0.717, 1.165) is 21.3 Å². The molecular weight excluding hydrogens is 440 g/mol.